The van der Waals surface area contributed by atoms with E-state index in [1.807, 2.05) is 30.4 Å². The molecule has 2 N–H and O–H groups in total. The van der Waals surface area contributed by atoms with Crippen LogP contribution in [0.2, 0.25) is 5.02 Å². The second kappa shape index (κ2) is 5.43. The highest BCUT2D eigenvalue weighted by Crippen LogP contribution is 2.22. The molecule has 0 bridgehead atoms. The lowest BCUT2D eigenvalue weighted by molar-refractivity contribution is 1.01. The van der Waals surface area contributed by atoms with Gasteiger partial charge in [0.1, 0.15) is 0 Å². The molecule has 0 amide bonds. The number of hydrogen-bond donors (Lipinski definition) is 1. The van der Waals surface area contributed by atoms with Gasteiger partial charge in [0.25, 0.3) is 0 Å². The minimum absolute atomic E-state index is 0.682. The van der Waals surface area contributed by atoms with E-state index in [-0.39, 0.29) is 0 Å². The molecule has 70 valence electrons. The molecule has 0 spiro atoms. The fourth-order valence-electron chi connectivity index (χ4n) is 0.943. The van der Waals surface area contributed by atoms with Gasteiger partial charge in [-0.05, 0) is 30.7 Å². The van der Waals surface area contributed by atoms with Gasteiger partial charge in [-0.2, -0.15) is 0 Å². The molecule has 0 aromatic heterocycles. The normalized spacial score (nSPS) is 11.0. The van der Waals surface area contributed by atoms with Crippen molar-refractivity contribution in [1.29, 1.82) is 0 Å². The van der Waals surface area contributed by atoms with Crippen LogP contribution in [0.3, 0.4) is 0 Å². The van der Waals surface area contributed by atoms with Gasteiger partial charge in [0.2, 0.25) is 0 Å². The summed E-state index contributed by atoms with van der Waals surface area (Å²) in [6, 6.07) is 5.72. The molecule has 3 heteroatoms. The lowest BCUT2D eigenvalue weighted by Crippen LogP contribution is -1.94. The predicted octanol–water partition coefficient (Wildman–Crippen LogP) is 3.46. The maximum Gasteiger partial charge on any atom is 0.0417 e. The monoisotopic (exact) mass is 259 g/mol. The topological polar surface area (TPSA) is 26.0 Å². The molecule has 13 heavy (non-hydrogen) atoms. The zero-order valence-electron chi connectivity index (χ0n) is 7.13. The first-order chi connectivity index (χ1) is 6.24. The molecule has 1 aromatic rings. The van der Waals surface area contributed by atoms with Crippen molar-refractivity contribution in [3.63, 3.8) is 0 Å². The van der Waals surface area contributed by atoms with E-state index in [0.717, 1.165) is 21.5 Å². The molecule has 0 fully saturated rings. The van der Waals surface area contributed by atoms with E-state index in [1.54, 1.807) is 0 Å². The molecular weight excluding hydrogens is 249 g/mol. The van der Waals surface area contributed by atoms with Gasteiger partial charge in [0, 0.05) is 9.50 Å². The van der Waals surface area contributed by atoms with E-state index < -0.39 is 0 Å². The highest BCUT2D eigenvalue weighted by Gasteiger charge is 1.95. The summed E-state index contributed by atoms with van der Waals surface area (Å²) in [7, 11) is 0. The lowest BCUT2D eigenvalue weighted by Gasteiger charge is -1.98. The molecule has 1 nitrogen and oxygen atoms in total. The Kier molecular flexibility index (Phi) is 4.50. The van der Waals surface area contributed by atoms with Crippen LogP contribution in [0.4, 0.5) is 0 Å². The van der Waals surface area contributed by atoms with Crippen molar-refractivity contribution in [1.82, 2.24) is 0 Å². The van der Waals surface area contributed by atoms with E-state index in [1.165, 1.54) is 0 Å². The van der Waals surface area contributed by atoms with Gasteiger partial charge in [0.15, 0.2) is 0 Å². The number of hydrogen-bond acceptors (Lipinski definition) is 1. The second-order valence-corrected chi connectivity index (χ2v) is 3.94. The fraction of sp³-hybridized carbons (Fsp3) is 0.200. The predicted molar refractivity (Wildman–Crippen MR) is 61.9 cm³/mol. The molecule has 0 radical (unpaired) electrons. The Hall–Kier alpha value is -0.310. The summed E-state index contributed by atoms with van der Waals surface area (Å²) >= 11 is 9.24. The fourth-order valence-corrected chi connectivity index (χ4v) is 1.76. The third-order valence-corrected chi connectivity index (χ3v) is 2.52. The van der Waals surface area contributed by atoms with Gasteiger partial charge in [-0.15, -0.1) is 0 Å². The maximum absolute atomic E-state index is 5.80. The first kappa shape index (κ1) is 10.8. The SMILES string of the molecule is NCC/C=C/c1ccc(Cl)cc1Br. The Balaban J connectivity index is 2.77. The van der Waals surface area contributed by atoms with Crippen LogP contribution < -0.4 is 5.73 Å². The van der Waals surface area contributed by atoms with Gasteiger partial charge in [-0.1, -0.05) is 45.7 Å². The maximum atomic E-state index is 5.80. The number of halogens is 2. The van der Waals surface area contributed by atoms with Crippen molar-refractivity contribution >= 4 is 33.6 Å². The van der Waals surface area contributed by atoms with Gasteiger partial charge >= 0.3 is 0 Å². The number of rotatable bonds is 3. The van der Waals surface area contributed by atoms with E-state index in [2.05, 4.69) is 15.9 Å². The Morgan fingerprint density at radius 1 is 1.46 bits per heavy atom. The van der Waals surface area contributed by atoms with Gasteiger partial charge < -0.3 is 5.73 Å². The van der Waals surface area contributed by atoms with Crippen LogP contribution in [0.15, 0.2) is 28.7 Å². The minimum Gasteiger partial charge on any atom is -0.330 e. The van der Waals surface area contributed by atoms with Crippen LogP contribution in [0.1, 0.15) is 12.0 Å². The van der Waals surface area contributed by atoms with Crippen LogP contribution >= 0.6 is 27.5 Å². The summed E-state index contributed by atoms with van der Waals surface area (Å²) in [5.41, 5.74) is 6.49. The summed E-state index contributed by atoms with van der Waals surface area (Å²) in [5, 5.41) is 0.739. The molecule has 0 aliphatic carbocycles. The van der Waals surface area contributed by atoms with Gasteiger partial charge in [0.05, 0.1) is 0 Å². The summed E-state index contributed by atoms with van der Waals surface area (Å²) in [4.78, 5) is 0. The van der Waals surface area contributed by atoms with Crippen molar-refractivity contribution < 1.29 is 0 Å². The minimum atomic E-state index is 0.682. The molecule has 0 heterocycles. The zero-order valence-corrected chi connectivity index (χ0v) is 9.48. The van der Waals surface area contributed by atoms with Crippen LogP contribution in [0, 0.1) is 0 Å². The first-order valence-corrected chi connectivity index (χ1v) is 5.23. The van der Waals surface area contributed by atoms with E-state index >= 15 is 0 Å². The summed E-state index contributed by atoms with van der Waals surface area (Å²) in [6.07, 6.45) is 4.98. The highest BCUT2D eigenvalue weighted by molar-refractivity contribution is 9.10. The molecule has 0 saturated heterocycles. The molecule has 0 saturated carbocycles. The van der Waals surface area contributed by atoms with Crippen molar-refractivity contribution in [2.75, 3.05) is 6.54 Å². The average molecular weight is 261 g/mol. The molecule has 0 aliphatic rings. The highest BCUT2D eigenvalue weighted by atomic mass is 79.9. The van der Waals surface area contributed by atoms with Crippen LogP contribution in [-0.4, -0.2) is 6.54 Å². The molecule has 0 aliphatic heterocycles. The zero-order chi connectivity index (χ0) is 9.68. The number of benzene rings is 1. The second-order valence-electron chi connectivity index (χ2n) is 2.65. The van der Waals surface area contributed by atoms with Crippen molar-refractivity contribution in [3.05, 3.63) is 39.3 Å². The Labute approximate surface area is 91.7 Å². The van der Waals surface area contributed by atoms with E-state index in [9.17, 15) is 0 Å². The summed E-state index contributed by atoms with van der Waals surface area (Å²) in [5.74, 6) is 0. The summed E-state index contributed by atoms with van der Waals surface area (Å²) < 4.78 is 1.01. The molecule has 1 aromatic carbocycles. The Bertz CT molecular complexity index is 310. The quantitative estimate of drug-likeness (QED) is 0.885. The smallest absolute Gasteiger partial charge is 0.0417 e. The van der Waals surface area contributed by atoms with Gasteiger partial charge in [-0.3, -0.25) is 0 Å². The summed E-state index contributed by atoms with van der Waals surface area (Å²) in [6.45, 7) is 0.682. The van der Waals surface area contributed by atoms with Crippen molar-refractivity contribution in [2.24, 2.45) is 5.73 Å². The van der Waals surface area contributed by atoms with Gasteiger partial charge in [-0.25, -0.2) is 0 Å². The molecule has 1 rings (SSSR count). The first-order valence-electron chi connectivity index (χ1n) is 4.05. The van der Waals surface area contributed by atoms with Crippen LogP contribution in [0.5, 0.6) is 0 Å². The van der Waals surface area contributed by atoms with E-state index in [0.29, 0.717) is 6.54 Å². The van der Waals surface area contributed by atoms with Crippen LogP contribution in [0.25, 0.3) is 6.08 Å². The third-order valence-electron chi connectivity index (χ3n) is 1.59. The average Bonchev–Trinajstić information content (AvgIpc) is 2.09. The standard InChI is InChI=1S/C10H11BrClN/c11-10-7-9(12)5-4-8(10)3-1-2-6-13/h1,3-5,7H,2,6,13H2/b3-1+. The van der Waals surface area contributed by atoms with Crippen molar-refractivity contribution in [3.8, 4) is 0 Å². The largest absolute Gasteiger partial charge is 0.330 e. The van der Waals surface area contributed by atoms with Crippen molar-refractivity contribution in [2.45, 2.75) is 6.42 Å². The number of nitrogens with two attached hydrogens (primary N) is 1. The molecule has 0 atom stereocenters. The van der Waals surface area contributed by atoms with E-state index in [4.69, 9.17) is 17.3 Å². The van der Waals surface area contributed by atoms with Crippen LogP contribution in [-0.2, 0) is 0 Å². The molecule has 0 unspecified atom stereocenters. The Morgan fingerprint density at radius 3 is 2.85 bits per heavy atom. The Morgan fingerprint density at radius 2 is 2.23 bits per heavy atom. The third kappa shape index (κ3) is 3.51. The lowest BCUT2D eigenvalue weighted by atomic mass is 10.2. The molecular formula is C10H11BrClN.